The average Bonchev–Trinajstić information content (AvgIpc) is 3.04. The molecule has 0 saturated carbocycles. The molecule has 146 valence electrons. The van der Waals surface area contributed by atoms with Crippen molar-refractivity contribution in [3.63, 3.8) is 0 Å². The number of nitrogens with zero attached hydrogens (tertiary/aromatic N) is 3. The minimum Gasteiger partial charge on any atom is -0.319 e. The summed E-state index contributed by atoms with van der Waals surface area (Å²) in [6, 6.07) is 16.3. The molecule has 1 atom stereocenters. The number of aromatic nitrogens is 1. The Bertz CT molecular complexity index is 1180. The molecule has 1 aliphatic heterocycles. The largest absolute Gasteiger partial charge is 0.319 e. The van der Waals surface area contributed by atoms with Crippen LogP contribution in [0.4, 0.5) is 0 Å². The molecule has 6 nitrogen and oxygen atoms in total. The number of hydrogen-bond donors (Lipinski definition) is 0. The van der Waals surface area contributed by atoms with E-state index in [4.69, 9.17) is 0 Å². The molecular formula is C20H21N3O3S2. The van der Waals surface area contributed by atoms with Crippen LogP contribution in [0.2, 0.25) is 0 Å². The number of aryl methyl sites for hydroxylation is 1. The van der Waals surface area contributed by atoms with Crippen molar-refractivity contribution >= 4 is 37.5 Å². The van der Waals surface area contributed by atoms with Crippen LogP contribution in [-0.4, -0.2) is 36.3 Å². The maximum atomic E-state index is 12.9. The highest BCUT2D eigenvalue weighted by Crippen LogP contribution is 2.24. The van der Waals surface area contributed by atoms with Gasteiger partial charge in [0.15, 0.2) is 4.80 Å². The molecule has 1 amide bonds. The number of rotatable bonds is 3. The van der Waals surface area contributed by atoms with Gasteiger partial charge in [0.05, 0.1) is 21.0 Å². The van der Waals surface area contributed by atoms with Gasteiger partial charge < -0.3 is 4.57 Å². The van der Waals surface area contributed by atoms with Crippen molar-refractivity contribution in [3.05, 3.63) is 59.4 Å². The lowest BCUT2D eigenvalue weighted by Crippen LogP contribution is -2.42. The molecule has 1 saturated heterocycles. The summed E-state index contributed by atoms with van der Waals surface area (Å²) in [6.45, 7) is 0.603. The Hall–Kier alpha value is -2.29. The van der Waals surface area contributed by atoms with Crippen LogP contribution < -0.4 is 4.80 Å². The lowest BCUT2D eigenvalue weighted by atomic mass is 9.99. The quantitative estimate of drug-likeness (QED) is 0.660. The first-order valence-corrected chi connectivity index (χ1v) is 11.4. The fourth-order valence-corrected chi connectivity index (χ4v) is 6.05. The fraction of sp³-hybridized carbons (Fsp3) is 0.300. The molecule has 28 heavy (non-hydrogen) atoms. The number of benzene rings is 2. The van der Waals surface area contributed by atoms with Crippen molar-refractivity contribution in [3.8, 4) is 0 Å². The monoisotopic (exact) mass is 415 g/mol. The Morgan fingerprint density at radius 2 is 1.82 bits per heavy atom. The van der Waals surface area contributed by atoms with Crippen LogP contribution in [0.15, 0.2) is 64.5 Å². The highest BCUT2D eigenvalue weighted by atomic mass is 32.2. The molecule has 0 N–H and O–H groups in total. The molecule has 0 aliphatic carbocycles. The Kier molecular flexibility index (Phi) is 5.18. The Morgan fingerprint density at radius 1 is 1.11 bits per heavy atom. The van der Waals surface area contributed by atoms with E-state index in [-0.39, 0.29) is 17.3 Å². The normalized spacial score (nSPS) is 19.2. The second-order valence-corrected chi connectivity index (χ2v) is 9.82. The van der Waals surface area contributed by atoms with E-state index >= 15 is 0 Å². The van der Waals surface area contributed by atoms with Crippen molar-refractivity contribution in [1.82, 2.24) is 8.87 Å². The third-order valence-electron chi connectivity index (χ3n) is 5.03. The second kappa shape index (κ2) is 7.62. The van der Waals surface area contributed by atoms with Crippen molar-refractivity contribution in [1.29, 1.82) is 0 Å². The van der Waals surface area contributed by atoms with Gasteiger partial charge in [0, 0.05) is 20.1 Å². The lowest BCUT2D eigenvalue weighted by molar-refractivity contribution is -0.122. The number of carbonyl (C=O) groups is 1. The molecular weight excluding hydrogens is 394 g/mol. The molecule has 1 aliphatic rings. The molecule has 2 aromatic carbocycles. The summed E-state index contributed by atoms with van der Waals surface area (Å²) in [6.07, 6.45) is 1.30. The highest BCUT2D eigenvalue weighted by molar-refractivity contribution is 7.89. The third kappa shape index (κ3) is 3.55. The first-order valence-electron chi connectivity index (χ1n) is 9.15. The predicted octanol–water partition coefficient (Wildman–Crippen LogP) is 2.77. The van der Waals surface area contributed by atoms with Crippen LogP contribution in [0, 0.1) is 5.92 Å². The standard InChI is InChI=1S/C20H21N3O3S2/c1-22-17-11-5-6-12-18(17)27-20(22)21-19(24)15-8-7-13-23(14-15)28(25,26)16-9-3-2-4-10-16/h2-6,9-12,15H,7-8,13-14H2,1H3. The number of piperidine rings is 1. The van der Waals surface area contributed by atoms with Crippen LogP contribution in [-0.2, 0) is 21.9 Å². The maximum Gasteiger partial charge on any atom is 0.252 e. The zero-order chi connectivity index (χ0) is 19.7. The second-order valence-electron chi connectivity index (χ2n) is 6.88. The van der Waals surface area contributed by atoms with Crippen LogP contribution >= 0.6 is 11.3 Å². The molecule has 0 bridgehead atoms. The lowest BCUT2D eigenvalue weighted by Gasteiger charge is -2.30. The van der Waals surface area contributed by atoms with E-state index in [1.165, 1.54) is 15.6 Å². The van der Waals surface area contributed by atoms with Gasteiger partial charge in [-0.1, -0.05) is 41.7 Å². The van der Waals surface area contributed by atoms with Gasteiger partial charge in [0.2, 0.25) is 10.0 Å². The van der Waals surface area contributed by atoms with E-state index in [9.17, 15) is 13.2 Å². The van der Waals surface area contributed by atoms with E-state index in [1.54, 1.807) is 30.3 Å². The predicted molar refractivity (Wildman–Crippen MR) is 109 cm³/mol. The molecule has 1 fully saturated rings. The summed E-state index contributed by atoms with van der Waals surface area (Å²) in [4.78, 5) is 18.0. The summed E-state index contributed by atoms with van der Waals surface area (Å²) in [5, 5.41) is 0. The number of amides is 1. The van der Waals surface area contributed by atoms with Crippen molar-refractivity contribution < 1.29 is 13.2 Å². The van der Waals surface area contributed by atoms with Crippen LogP contribution in [0.25, 0.3) is 10.2 Å². The Labute approximate surface area is 167 Å². The number of fused-ring (bicyclic) bond motifs is 1. The maximum absolute atomic E-state index is 12.9. The summed E-state index contributed by atoms with van der Waals surface area (Å²) in [5.74, 6) is -0.674. The number of thiazole rings is 1. The molecule has 0 spiro atoms. The van der Waals surface area contributed by atoms with E-state index < -0.39 is 15.9 Å². The van der Waals surface area contributed by atoms with Crippen LogP contribution in [0.3, 0.4) is 0 Å². The third-order valence-corrected chi connectivity index (χ3v) is 8.03. The topological polar surface area (TPSA) is 71.7 Å². The van der Waals surface area contributed by atoms with Crippen LogP contribution in [0.1, 0.15) is 12.8 Å². The molecule has 4 rings (SSSR count). The average molecular weight is 416 g/mol. The van der Waals surface area contributed by atoms with Crippen molar-refractivity contribution in [2.75, 3.05) is 13.1 Å². The zero-order valence-corrected chi connectivity index (χ0v) is 17.1. The fourth-order valence-electron chi connectivity index (χ4n) is 3.48. The first-order chi connectivity index (χ1) is 13.5. The zero-order valence-electron chi connectivity index (χ0n) is 15.5. The summed E-state index contributed by atoms with van der Waals surface area (Å²) in [7, 11) is -1.71. The molecule has 8 heteroatoms. The highest BCUT2D eigenvalue weighted by Gasteiger charge is 2.33. The van der Waals surface area contributed by atoms with E-state index in [0.29, 0.717) is 24.2 Å². The minimum absolute atomic E-state index is 0.175. The minimum atomic E-state index is -3.59. The SMILES string of the molecule is Cn1c(=NC(=O)C2CCCN(S(=O)(=O)c3ccccc3)C2)sc2ccccc21. The summed E-state index contributed by atoms with van der Waals surface area (Å²) >= 11 is 1.46. The molecule has 0 radical (unpaired) electrons. The Balaban J connectivity index is 1.59. The van der Waals surface area contributed by atoms with E-state index in [2.05, 4.69) is 4.99 Å². The van der Waals surface area contributed by atoms with Crippen molar-refractivity contribution in [2.45, 2.75) is 17.7 Å². The van der Waals surface area contributed by atoms with E-state index in [0.717, 1.165) is 10.2 Å². The van der Waals surface area contributed by atoms with Crippen LogP contribution in [0.5, 0.6) is 0 Å². The molecule has 3 aromatic rings. The van der Waals surface area contributed by atoms with Gasteiger partial charge in [0.1, 0.15) is 0 Å². The van der Waals surface area contributed by atoms with Gasteiger partial charge in [-0.2, -0.15) is 9.30 Å². The van der Waals surface area contributed by atoms with Gasteiger partial charge >= 0.3 is 0 Å². The van der Waals surface area contributed by atoms with Gasteiger partial charge in [-0.3, -0.25) is 4.79 Å². The smallest absolute Gasteiger partial charge is 0.252 e. The summed E-state index contributed by atoms with van der Waals surface area (Å²) < 4.78 is 30.1. The number of carbonyl (C=O) groups excluding carboxylic acids is 1. The molecule has 1 unspecified atom stereocenters. The molecule has 1 aromatic heterocycles. The van der Waals surface area contributed by atoms with Crippen molar-refractivity contribution in [2.24, 2.45) is 18.0 Å². The Morgan fingerprint density at radius 3 is 2.57 bits per heavy atom. The summed E-state index contributed by atoms with van der Waals surface area (Å²) in [5.41, 5.74) is 1.02. The number of sulfonamides is 1. The number of hydrogen-bond acceptors (Lipinski definition) is 4. The van der Waals surface area contributed by atoms with Gasteiger partial charge in [0.25, 0.3) is 5.91 Å². The van der Waals surface area contributed by atoms with E-state index in [1.807, 2.05) is 35.9 Å². The number of para-hydroxylation sites is 1. The van der Waals surface area contributed by atoms with Gasteiger partial charge in [-0.05, 0) is 37.1 Å². The molecule has 2 heterocycles. The van der Waals surface area contributed by atoms with Gasteiger partial charge in [-0.15, -0.1) is 0 Å². The first kappa shape index (κ1) is 19.0. The van der Waals surface area contributed by atoms with Gasteiger partial charge in [-0.25, -0.2) is 8.42 Å².